The summed E-state index contributed by atoms with van der Waals surface area (Å²) < 4.78 is 48.6. The van der Waals surface area contributed by atoms with Crippen LogP contribution in [0.15, 0.2) is 47.4 Å². The predicted octanol–water partition coefficient (Wildman–Crippen LogP) is 6.67. The Bertz CT molecular complexity index is 1720. The summed E-state index contributed by atoms with van der Waals surface area (Å²) in [4.78, 5) is 53.4. The van der Waals surface area contributed by atoms with Gasteiger partial charge in [-0.15, -0.1) is 0 Å². The van der Waals surface area contributed by atoms with Crippen molar-refractivity contribution in [3.63, 3.8) is 0 Å². The molecule has 0 unspecified atom stereocenters. The summed E-state index contributed by atoms with van der Waals surface area (Å²) in [5, 5.41) is 2.72. The summed E-state index contributed by atoms with van der Waals surface area (Å²) in [7, 11) is 0. The minimum atomic E-state index is -1.19. The Kier molecular flexibility index (Phi) is 10.7. The Hall–Kier alpha value is -4.48. The van der Waals surface area contributed by atoms with E-state index in [1.165, 1.54) is 6.20 Å². The molecule has 1 saturated carbocycles. The van der Waals surface area contributed by atoms with Crippen molar-refractivity contribution in [1.82, 2.24) is 14.8 Å². The number of ether oxygens (including phenoxy) is 3. The van der Waals surface area contributed by atoms with Crippen LogP contribution in [-0.2, 0) is 27.2 Å². The molecule has 258 valence electrons. The van der Waals surface area contributed by atoms with Crippen LogP contribution in [0.4, 0.5) is 18.4 Å². The maximum atomic E-state index is 15.7. The van der Waals surface area contributed by atoms with Gasteiger partial charge in [-0.25, -0.2) is 23.2 Å². The fourth-order valence-corrected chi connectivity index (χ4v) is 6.26. The lowest BCUT2D eigenvalue weighted by Gasteiger charge is -2.39. The van der Waals surface area contributed by atoms with Crippen molar-refractivity contribution in [2.24, 2.45) is 5.92 Å². The van der Waals surface area contributed by atoms with E-state index in [-0.39, 0.29) is 60.0 Å². The zero-order valence-corrected chi connectivity index (χ0v) is 27.9. The third kappa shape index (κ3) is 8.32. The zero-order valence-electron chi connectivity index (χ0n) is 27.9. The standard InChI is InChI=1S/C36H43F2N3O7/c1-5-46-33(43)28-20-41(24-11-12-24)31-26(30(38)29(37)18-27(31)32(28)42)14-13-25-17-23(19-39-34(44)48-36(2,3)4)15-16-40(25)35(45)47-21-22-9-7-6-8-10-22/h6-10,18,20,23-25H,5,11-17,19,21H2,1-4H3,(H,39,44)/t23-,25-/m1/s1. The van der Waals surface area contributed by atoms with Crippen LogP contribution in [-0.4, -0.2) is 59.0 Å². The summed E-state index contributed by atoms with van der Waals surface area (Å²) in [5.74, 6) is -3.10. The maximum Gasteiger partial charge on any atom is 0.410 e. The van der Waals surface area contributed by atoms with Gasteiger partial charge in [0.1, 0.15) is 17.8 Å². The molecule has 1 saturated heterocycles. The Labute approximate surface area is 278 Å². The van der Waals surface area contributed by atoms with Crippen molar-refractivity contribution in [3.8, 4) is 0 Å². The molecule has 2 amide bonds. The molecule has 0 radical (unpaired) electrons. The molecular formula is C36H43F2N3O7. The minimum Gasteiger partial charge on any atom is -0.462 e. The first-order valence-corrected chi connectivity index (χ1v) is 16.5. The van der Waals surface area contributed by atoms with E-state index in [0.29, 0.717) is 25.9 Å². The van der Waals surface area contributed by atoms with Crippen LogP contribution in [0, 0.1) is 17.6 Å². The van der Waals surface area contributed by atoms with Gasteiger partial charge in [0.2, 0.25) is 5.43 Å². The average molecular weight is 668 g/mol. The first-order chi connectivity index (χ1) is 22.9. The number of carbonyl (C=O) groups is 3. The van der Waals surface area contributed by atoms with Gasteiger partial charge >= 0.3 is 18.2 Å². The largest absolute Gasteiger partial charge is 0.462 e. The van der Waals surface area contributed by atoms with E-state index in [9.17, 15) is 19.2 Å². The summed E-state index contributed by atoms with van der Waals surface area (Å²) >= 11 is 0. The molecule has 3 aromatic rings. The van der Waals surface area contributed by atoms with Gasteiger partial charge < -0.3 is 29.0 Å². The molecule has 2 fully saturated rings. The highest BCUT2D eigenvalue weighted by molar-refractivity contribution is 5.94. The summed E-state index contributed by atoms with van der Waals surface area (Å²) in [6.07, 6.45) is 3.13. The number of likely N-dealkylation sites (tertiary alicyclic amines) is 1. The molecule has 1 N–H and O–H groups in total. The van der Waals surface area contributed by atoms with E-state index >= 15 is 8.78 Å². The van der Waals surface area contributed by atoms with Gasteiger partial charge in [-0.1, -0.05) is 30.3 Å². The second-order valence-corrected chi connectivity index (χ2v) is 13.5. The number of aromatic nitrogens is 1. The number of rotatable bonds is 10. The topological polar surface area (TPSA) is 116 Å². The number of nitrogens with zero attached hydrogens (tertiary/aromatic N) is 2. The molecule has 1 aliphatic heterocycles. The van der Waals surface area contributed by atoms with Gasteiger partial charge in [-0.2, -0.15) is 0 Å². The molecule has 2 aromatic carbocycles. The number of pyridine rings is 1. The van der Waals surface area contributed by atoms with Gasteiger partial charge in [0.15, 0.2) is 11.6 Å². The van der Waals surface area contributed by atoms with E-state index < -0.39 is 46.9 Å². The quantitative estimate of drug-likeness (QED) is 0.190. The maximum absolute atomic E-state index is 15.7. The van der Waals surface area contributed by atoms with Crippen molar-refractivity contribution in [3.05, 3.63) is 81.1 Å². The van der Waals surface area contributed by atoms with Crippen molar-refractivity contribution < 1.29 is 37.4 Å². The van der Waals surface area contributed by atoms with Gasteiger partial charge in [-0.05, 0) is 83.8 Å². The average Bonchev–Trinajstić information content (AvgIpc) is 3.89. The summed E-state index contributed by atoms with van der Waals surface area (Å²) in [6, 6.07) is 9.61. The van der Waals surface area contributed by atoms with E-state index in [0.717, 1.165) is 24.5 Å². The molecule has 2 atom stereocenters. The molecule has 1 aromatic heterocycles. The lowest BCUT2D eigenvalue weighted by atomic mass is 9.87. The number of hydrogen-bond acceptors (Lipinski definition) is 7. The number of amides is 2. The van der Waals surface area contributed by atoms with E-state index in [1.54, 1.807) is 37.2 Å². The number of benzene rings is 2. The number of nitrogens with one attached hydrogen (secondary N) is 1. The molecule has 10 nitrogen and oxygen atoms in total. The highest BCUT2D eigenvalue weighted by Crippen LogP contribution is 2.39. The van der Waals surface area contributed by atoms with Crippen LogP contribution in [0.25, 0.3) is 10.9 Å². The number of esters is 1. The number of hydrogen-bond donors (Lipinski definition) is 1. The van der Waals surface area contributed by atoms with E-state index in [4.69, 9.17) is 14.2 Å². The molecule has 1 aliphatic carbocycles. The van der Waals surface area contributed by atoms with Gasteiger partial charge in [0.05, 0.1) is 12.1 Å². The number of halogens is 2. The van der Waals surface area contributed by atoms with Gasteiger partial charge in [-0.3, -0.25) is 4.79 Å². The van der Waals surface area contributed by atoms with Crippen LogP contribution in [0.1, 0.15) is 87.3 Å². The van der Waals surface area contributed by atoms with E-state index in [2.05, 4.69) is 5.32 Å². The molecule has 48 heavy (non-hydrogen) atoms. The first kappa shape index (κ1) is 34.8. The molecule has 2 heterocycles. The minimum absolute atomic E-state index is 0.00432. The number of alkyl carbamates (subject to hydrolysis) is 1. The molecule has 12 heteroatoms. The van der Waals surface area contributed by atoms with Crippen molar-refractivity contribution in [1.29, 1.82) is 0 Å². The third-order valence-electron chi connectivity index (χ3n) is 8.66. The van der Waals surface area contributed by atoms with Crippen LogP contribution in [0.3, 0.4) is 0 Å². The molecule has 5 rings (SSSR count). The highest BCUT2D eigenvalue weighted by atomic mass is 19.2. The zero-order chi connectivity index (χ0) is 34.6. The van der Waals surface area contributed by atoms with Crippen LogP contribution >= 0.6 is 0 Å². The predicted molar refractivity (Wildman–Crippen MR) is 175 cm³/mol. The van der Waals surface area contributed by atoms with Crippen LogP contribution in [0.5, 0.6) is 0 Å². The Morgan fingerprint density at radius 3 is 2.44 bits per heavy atom. The van der Waals surface area contributed by atoms with Crippen molar-refractivity contribution >= 4 is 29.1 Å². The van der Waals surface area contributed by atoms with Gasteiger partial charge in [0, 0.05) is 42.3 Å². The SMILES string of the molecule is CCOC(=O)c1cn(C2CC2)c2c(CC[C@@H]3C[C@H](CNC(=O)OC(C)(C)C)CCN3C(=O)OCc3ccccc3)c(F)c(F)cc2c1=O. The molecular weight excluding hydrogens is 624 g/mol. The van der Waals surface area contributed by atoms with Crippen molar-refractivity contribution in [2.75, 3.05) is 19.7 Å². The van der Waals surface area contributed by atoms with Crippen LogP contribution in [0.2, 0.25) is 0 Å². The number of fused-ring (bicyclic) bond motifs is 1. The van der Waals surface area contributed by atoms with Crippen LogP contribution < -0.4 is 10.7 Å². The number of aryl methyl sites for hydroxylation is 1. The monoisotopic (exact) mass is 667 g/mol. The fraction of sp³-hybridized carbons (Fsp3) is 0.500. The van der Waals surface area contributed by atoms with Gasteiger partial charge in [0.25, 0.3) is 0 Å². The lowest BCUT2D eigenvalue weighted by molar-refractivity contribution is 0.0442. The summed E-state index contributed by atoms with van der Waals surface area (Å²) in [5.41, 5.74) is -0.532. The first-order valence-electron chi connectivity index (χ1n) is 16.5. The second kappa shape index (κ2) is 14.7. The Morgan fingerprint density at radius 1 is 1.04 bits per heavy atom. The highest BCUT2D eigenvalue weighted by Gasteiger charge is 2.35. The summed E-state index contributed by atoms with van der Waals surface area (Å²) in [6.45, 7) is 7.73. The third-order valence-corrected chi connectivity index (χ3v) is 8.66. The Morgan fingerprint density at radius 2 is 1.77 bits per heavy atom. The second-order valence-electron chi connectivity index (χ2n) is 13.5. The fourth-order valence-electron chi connectivity index (χ4n) is 6.26. The molecule has 2 aliphatic rings. The number of carbonyl (C=O) groups excluding carboxylic acids is 3. The van der Waals surface area contributed by atoms with Crippen molar-refractivity contribution in [2.45, 2.75) is 90.5 Å². The van der Waals surface area contributed by atoms with E-state index in [1.807, 2.05) is 30.3 Å². The Balaban J connectivity index is 1.42. The smallest absolute Gasteiger partial charge is 0.410 e. The normalized spacial score (nSPS) is 18.0. The molecule has 0 bridgehead atoms. The molecule has 0 spiro atoms. The number of piperidine rings is 1. The lowest BCUT2D eigenvalue weighted by Crippen LogP contribution is -2.48.